The first-order chi connectivity index (χ1) is 10.8. The molecule has 0 spiro atoms. The quantitative estimate of drug-likeness (QED) is 0.927. The fourth-order valence-corrected chi connectivity index (χ4v) is 4.64. The number of likely N-dealkylation sites (tertiary alicyclic amines) is 1. The summed E-state index contributed by atoms with van der Waals surface area (Å²) in [5.41, 5.74) is 1.83. The highest BCUT2D eigenvalue weighted by Gasteiger charge is 2.48. The monoisotopic (exact) mass is 320 g/mol. The molecule has 3 fully saturated rings. The number of benzene rings is 1. The van der Waals surface area contributed by atoms with E-state index in [-0.39, 0.29) is 0 Å². The first-order valence-electron chi connectivity index (χ1n) is 8.55. The first kappa shape index (κ1) is 14.9. The van der Waals surface area contributed by atoms with Gasteiger partial charge in [0, 0.05) is 36.7 Å². The molecule has 120 valence electrons. The van der Waals surface area contributed by atoms with Crippen molar-refractivity contribution in [1.82, 2.24) is 10.2 Å². The van der Waals surface area contributed by atoms with Crippen LogP contribution in [0.25, 0.3) is 0 Å². The van der Waals surface area contributed by atoms with Crippen LogP contribution in [0.5, 0.6) is 0 Å². The predicted octanol–water partition coefficient (Wildman–Crippen LogP) is 2.90. The minimum atomic E-state index is 0.382. The van der Waals surface area contributed by atoms with Crippen LogP contribution in [-0.2, 0) is 4.74 Å². The number of halogens is 1. The van der Waals surface area contributed by atoms with Crippen molar-refractivity contribution in [2.24, 2.45) is 5.41 Å². The lowest BCUT2D eigenvalue weighted by molar-refractivity contribution is 0.0554. The Hall–Kier alpha value is -0.610. The minimum Gasteiger partial charge on any atom is -0.376 e. The molecule has 22 heavy (non-hydrogen) atoms. The van der Waals surface area contributed by atoms with Crippen molar-refractivity contribution in [1.29, 1.82) is 0 Å². The van der Waals surface area contributed by atoms with E-state index in [1.807, 2.05) is 12.1 Å². The number of nitrogens with zero attached hydrogens (tertiary/aromatic N) is 1. The Morgan fingerprint density at radius 1 is 1.23 bits per heavy atom. The molecular formula is C18H25ClN2O. The molecule has 3 aliphatic rings. The Labute approximate surface area is 138 Å². The number of ether oxygens (including phenoxy) is 1. The molecule has 3 aliphatic heterocycles. The number of rotatable bonds is 3. The van der Waals surface area contributed by atoms with Crippen LogP contribution in [-0.4, -0.2) is 50.3 Å². The van der Waals surface area contributed by atoms with Crippen molar-refractivity contribution in [3.05, 3.63) is 34.9 Å². The lowest BCUT2D eigenvalue weighted by atomic mass is 9.81. The van der Waals surface area contributed by atoms with Crippen molar-refractivity contribution in [2.45, 2.75) is 31.3 Å². The van der Waals surface area contributed by atoms with Crippen LogP contribution in [0, 0.1) is 5.41 Å². The van der Waals surface area contributed by atoms with Crippen molar-refractivity contribution < 1.29 is 4.74 Å². The summed E-state index contributed by atoms with van der Waals surface area (Å²) in [6, 6.07) is 8.44. The van der Waals surface area contributed by atoms with Crippen LogP contribution >= 0.6 is 11.6 Å². The van der Waals surface area contributed by atoms with Gasteiger partial charge in [-0.3, -0.25) is 0 Å². The zero-order valence-electron chi connectivity index (χ0n) is 13.1. The summed E-state index contributed by atoms with van der Waals surface area (Å²) in [7, 11) is 0. The second-order valence-electron chi connectivity index (χ2n) is 7.20. The summed E-state index contributed by atoms with van der Waals surface area (Å²) in [4.78, 5) is 2.67. The van der Waals surface area contributed by atoms with Gasteiger partial charge >= 0.3 is 0 Å². The van der Waals surface area contributed by atoms with E-state index in [0.29, 0.717) is 17.4 Å². The molecule has 4 heteroatoms. The molecule has 1 N–H and O–H groups in total. The SMILES string of the molecule is Clc1ccc(C2CCN(C[C@]34CCO[C@H]3CNC4)CC2)cc1. The van der Waals surface area contributed by atoms with Crippen LogP contribution in [0.3, 0.4) is 0 Å². The van der Waals surface area contributed by atoms with Gasteiger partial charge in [-0.05, 0) is 56.0 Å². The van der Waals surface area contributed by atoms with Crippen molar-refractivity contribution >= 4 is 11.6 Å². The summed E-state index contributed by atoms with van der Waals surface area (Å²) < 4.78 is 5.92. The van der Waals surface area contributed by atoms with E-state index in [1.54, 1.807) is 0 Å². The fourth-order valence-electron chi connectivity index (χ4n) is 4.51. The highest BCUT2D eigenvalue weighted by atomic mass is 35.5. The molecule has 1 aromatic rings. The second kappa shape index (κ2) is 6.12. The molecule has 3 saturated heterocycles. The van der Waals surface area contributed by atoms with Gasteiger partial charge in [0.25, 0.3) is 0 Å². The molecule has 3 heterocycles. The van der Waals surface area contributed by atoms with E-state index >= 15 is 0 Å². The highest BCUT2D eigenvalue weighted by molar-refractivity contribution is 6.30. The van der Waals surface area contributed by atoms with E-state index in [2.05, 4.69) is 22.3 Å². The van der Waals surface area contributed by atoms with Crippen LogP contribution in [0.4, 0.5) is 0 Å². The van der Waals surface area contributed by atoms with Crippen LogP contribution < -0.4 is 5.32 Å². The molecule has 2 atom stereocenters. The molecule has 0 unspecified atom stereocenters. The number of piperidine rings is 1. The van der Waals surface area contributed by atoms with Crippen molar-refractivity contribution in [3.8, 4) is 0 Å². The third-order valence-electron chi connectivity index (χ3n) is 5.88. The maximum absolute atomic E-state index is 5.99. The predicted molar refractivity (Wildman–Crippen MR) is 89.5 cm³/mol. The average Bonchev–Trinajstić information content (AvgIpc) is 3.08. The third-order valence-corrected chi connectivity index (χ3v) is 6.13. The number of hydrogen-bond donors (Lipinski definition) is 1. The van der Waals surface area contributed by atoms with Gasteiger partial charge in [0.2, 0.25) is 0 Å². The summed E-state index contributed by atoms with van der Waals surface area (Å²) in [5.74, 6) is 0.698. The van der Waals surface area contributed by atoms with Gasteiger partial charge in [-0.15, -0.1) is 0 Å². The molecule has 4 rings (SSSR count). The van der Waals surface area contributed by atoms with E-state index in [9.17, 15) is 0 Å². The standard InChI is InChI=1S/C18H25ClN2O/c19-16-3-1-14(2-4-16)15-5-8-21(9-6-15)13-18-7-10-22-17(18)11-20-12-18/h1-4,15,17,20H,5-13H2/t17-,18+/m0/s1. The number of hydrogen-bond acceptors (Lipinski definition) is 3. The molecule has 0 amide bonds. The number of nitrogens with one attached hydrogen (secondary N) is 1. The lowest BCUT2D eigenvalue weighted by Crippen LogP contribution is -2.45. The van der Waals surface area contributed by atoms with E-state index in [4.69, 9.17) is 16.3 Å². The second-order valence-corrected chi connectivity index (χ2v) is 7.64. The maximum atomic E-state index is 5.99. The highest BCUT2D eigenvalue weighted by Crippen LogP contribution is 2.39. The lowest BCUT2D eigenvalue weighted by Gasteiger charge is -2.38. The van der Waals surface area contributed by atoms with Gasteiger partial charge in [0.15, 0.2) is 0 Å². The Kier molecular flexibility index (Phi) is 4.16. The van der Waals surface area contributed by atoms with E-state index < -0.39 is 0 Å². The molecule has 0 bridgehead atoms. The van der Waals surface area contributed by atoms with Crippen LogP contribution in [0.2, 0.25) is 5.02 Å². The third kappa shape index (κ3) is 2.80. The summed E-state index contributed by atoms with van der Waals surface area (Å²) in [6.45, 7) is 6.76. The van der Waals surface area contributed by atoms with Gasteiger partial charge in [-0.2, -0.15) is 0 Å². The Balaban J connectivity index is 1.35. The van der Waals surface area contributed by atoms with Gasteiger partial charge < -0.3 is 15.0 Å². The maximum Gasteiger partial charge on any atom is 0.0780 e. The Morgan fingerprint density at radius 2 is 2.00 bits per heavy atom. The summed E-state index contributed by atoms with van der Waals surface area (Å²) >= 11 is 5.99. The first-order valence-corrected chi connectivity index (χ1v) is 8.93. The molecule has 0 saturated carbocycles. The van der Waals surface area contributed by atoms with Gasteiger partial charge in [0.05, 0.1) is 6.10 Å². The average molecular weight is 321 g/mol. The smallest absolute Gasteiger partial charge is 0.0780 e. The molecule has 0 aromatic heterocycles. The minimum absolute atomic E-state index is 0.382. The zero-order valence-corrected chi connectivity index (χ0v) is 13.8. The number of fused-ring (bicyclic) bond motifs is 1. The Bertz CT molecular complexity index is 500. The van der Waals surface area contributed by atoms with Crippen LogP contribution in [0.1, 0.15) is 30.7 Å². The zero-order chi connectivity index (χ0) is 15.0. The fraction of sp³-hybridized carbons (Fsp3) is 0.667. The van der Waals surface area contributed by atoms with Crippen LogP contribution in [0.15, 0.2) is 24.3 Å². The van der Waals surface area contributed by atoms with Gasteiger partial charge in [-0.1, -0.05) is 23.7 Å². The molecule has 0 radical (unpaired) electrons. The van der Waals surface area contributed by atoms with Gasteiger partial charge in [0.1, 0.15) is 0 Å². The van der Waals surface area contributed by atoms with Gasteiger partial charge in [-0.25, -0.2) is 0 Å². The van der Waals surface area contributed by atoms with Crippen molar-refractivity contribution in [2.75, 3.05) is 39.3 Å². The van der Waals surface area contributed by atoms with E-state index in [0.717, 1.165) is 24.7 Å². The summed E-state index contributed by atoms with van der Waals surface area (Å²) in [6.07, 6.45) is 4.19. The molecule has 1 aromatic carbocycles. The normalized spacial score (nSPS) is 33.2. The topological polar surface area (TPSA) is 24.5 Å². The molecule has 0 aliphatic carbocycles. The summed E-state index contributed by atoms with van der Waals surface area (Å²) in [5, 5.41) is 4.36. The largest absolute Gasteiger partial charge is 0.376 e. The van der Waals surface area contributed by atoms with Crippen molar-refractivity contribution in [3.63, 3.8) is 0 Å². The molecule has 3 nitrogen and oxygen atoms in total. The molecular weight excluding hydrogens is 296 g/mol. The van der Waals surface area contributed by atoms with E-state index in [1.165, 1.54) is 44.5 Å². The Morgan fingerprint density at radius 3 is 2.77 bits per heavy atom.